The number of carbonyl (C=O) groups is 2. The number of aliphatic hydroxyl groups excluding tert-OH is 1. The van der Waals surface area contributed by atoms with Gasteiger partial charge >= 0.3 is 5.97 Å². The molecule has 0 saturated heterocycles. The summed E-state index contributed by atoms with van der Waals surface area (Å²) in [4.78, 5) is 32.4. The Hall–Kier alpha value is -2.68. The quantitative estimate of drug-likeness (QED) is 0.172. The highest BCUT2D eigenvalue weighted by Gasteiger charge is 2.32. The Kier molecular flexibility index (Phi) is 12.0. The van der Waals surface area contributed by atoms with Gasteiger partial charge in [-0.25, -0.2) is 4.79 Å². The van der Waals surface area contributed by atoms with E-state index in [1.165, 1.54) is 11.8 Å². The van der Waals surface area contributed by atoms with Gasteiger partial charge < -0.3 is 19.6 Å². The molecule has 192 valence electrons. The normalized spacial score (nSPS) is 16.5. The average molecular weight is 504 g/mol. The molecule has 0 spiro atoms. The van der Waals surface area contributed by atoms with E-state index in [0.717, 1.165) is 5.56 Å². The zero-order chi connectivity index (χ0) is 25.8. The van der Waals surface area contributed by atoms with Crippen LogP contribution in [0.5, 0.6) is 0 Å². The van der Waals surface area contributed by atoms with Gasteiger partial charge in [-0.15, -0.1) is 11.8 Å². The monoisotopic (exact) mass is 503 g/mol. The fourth-order valence-electron chi connectivity index (χ4n) is 4.13. The zero-order valence-electron chi connectivity index (χ0n) is 21.0. The van der Waals surface area contributed by atoms with Crippen LogP contribution in [0.1, 0.15) is 46.1 Å². The maximum Gasteiger partial charge on any atom is 0.355 e. The van der Waals surface area contributed by atoms with Crippen molar-refractivity contribution in [1.82, 2.24) is 9.80 Å². The lowest BCUT2D eigenvalue weighted by Gasteiger charge is -2.34. The van der Waals surface area contributed by atoms with Crippen LogP contribution in [0.25, 0.3) is 10.4 Å². The van der Waals surface area contributed by atoms with Crippen LogP contribution in [0, 0.1) is 11.8 Å². The minimum atomic E-state index is -0.775. The first kappa shape index (κ1) is 28.6. The molecule has 1 aromatic carbocycles. The Morgan fingerprint density at radius 3 is 2.60 bits per heavy atom. The summed E-state index contributed by atoms with van der Waals surface area (Å²) >= 11 is 1.49. The number of hydrogen-bond donors (Lipinski definition) is 1. The molecule has 1 N–H and O–H groups in total. The van der Waals surface area contributed by atoms with E-state index in [1.54, 1.807) is 17.2 Å². The third-order valence-corrected chi connectivity index (χ3v) is 7.02. The smallest absolute Gasteiger partial charge is 0.355 e. The van der Waals surface area contributed by atoms with Crippen molar-refractivity contribution in [2.45, 2.75) is 59.2 Å². The molecule has 35 heavy (non-hydrogen) atoms. The summed E-state index contributed by atoms with van der Waals surface area (Å²) in [6.07, 6.45) is 1.29. The lowest BCUT2D eigenvalue weighted by Crippen LogP contribution is -2.44. The van der Waals surface area contributed by atoms with E-state index < -0.39 is 12.0 Å². The number of aliphatic hydroxyl groups is 1. The van der Waals surface area contributed by atoms with Gasteiger partial charge in [-0.1, -0.05) is 62.6 Å². The van der Waals surface area contributed by atoms with E-state index in [2.05, 4.69) is 10.0 Å². The second kappa shape index (κ2) is 14.7. The van der Waals surface area contributed by atoms with Crippen LogP contribution in [0.2, 0.25) is 0 Å². The number of rotatable bonds is 14. The maximum atomic E-state index is 13.5. The first-order valence-electron chi connectivity index (χ1n) is 12.1. The van der Waals surface area contributed by atoms with E-state index in [1.807, 2.05) is 56.0 Å². The van der Waals surface area contributed by atoms with Gasteiger partial charge in [0.2, 0.25) is 5.91 Å². The van der Waals surface area contributed by atoms with E-state index in [-0.39, 0.29) is 37.0 Å². The lowest BCUT2D eigenvalue weighted by molar-refractivity contribution is -0.140. The zero-order valence-corrected chi connectivity index (χ0v) is 21.9. The van der Waals surface area contributed by atoms with Gasteiger partial charge in [0.05, 0.1) is 25.1 Å². The highest BCUT2D eigenvalue weighted by molar-refractivity contribution is 8.02. The van der Waals surface area contributed by atoms with Crippen molar-refractivity contribution < 1.29 is 19.4 Å². The maximum absolute atomic E-state index is 13.5. The van der Waals surface area contributed by atoms with Crippen molar-refractivity contribution in [2.24, 2.45) is 17.0 Å². The number of carbonyl (C=O) groups excluding carboxylic acids is 2. The summed E-state index contributed by atoms with van der Waals surface area (Å²) in [5.74, 6) is -0.104. The number of amides is 1. The minimum Gasteiger partial charge on any atom is -0.461 e. The SMILES string of the molecule is CCOC(=O)C1=CSCN1[C@H](CO)CC(C)CN(Cc1ccccc1)C(=O)C(N=[N+]=[N-])C(C)CC. The molecule has 0 aliphatic carbocycles. The van der Waals surface area contributed by atoms with Gasteiger partial charge in [-0.3, -0.25) is 4.79 Å². The van der Waals surface area contributed by atoms with Crippen molar-refractivity contribution in [3.05, 3.63) is 57.4 Å². The van der Waals surface area contributed by atoms with Crippen LogP contribution in [0.15, 0.2) is 46.6 Å². The molecule has 0 saturated carbocycles. The standard InChI is InChI=1S/C25H37N5O4S/c1-5-19(4)23(27-28-26)24(32)29(14-20-10-8-7-9-11-20)13-18(3)12-21(15-31)30-17-35-16-22(30)25(33)34-6-2/h7-11,16,18-19,21,23,31H,5-6,12-15,17H2,1-4H3/t18?,19?,21-,23?/m0/s1. The molecule has 2 rings (SSSR count). The van der Waals surface area contributed by atoms with E-state index in [0.29, 0.717) is 37.5 Å². The second-order valence-corrected chi connectivity index (χ2v) is 9.73. The Balaban J connectivity index is 2.19. The van der Waals surface area contributed by atoms with E-state index >= 15 is 0 Å². The van der Waals surface area contributed by atoms with Crippen molar-refractivity contribution >= 4 is 23.6 Å². The molecule has 0 bridgehead atoms. The predicted molar refractivity (Wildman–Crippen MR) is 138 cm³/mol. The first-order valence-corrected chi connectivity index (χ1v) is 13.1. The molecule has 1 heterocycles. The minimum absolute atomic E-state index is 0.0116. The first-order chi connectivity index (χ1) is 16.9. The number of nitrogens with zero attached hydrogens (tertiary/aromatic N) is 5. The largest absolute Gasteiger partial charge is 0.461 e. The fraction of sp³-hybridized carbons (Fsp3) is 0.600. The average Bonchev–Trinajstić information content (AvgIpc) is 3.35. The fourth-order valence-corrected chi connectivity index (χ4v) is 5.11. The van der Waals surface area contributed by atoms with Crippen molar-refractivity contribution in [1.29, 1.82) is 0 Å². The summed E-state index contributed by atoms with van der Waals surface area (Å²) < 4.78 is 5.16. The molecule has 1 aliphatic rings. The number of azide groups is 1. The van der Waals surface area contributed by atoms with E-state index in [9.17, 15) is 14.7 Å². The van der Waals surface area contributed by atoms with Gasteiger partial charge in [0, 0.05) is 23.4 Å². The van der Waals surface area contributed by atoms with Crippen LogP contribution < -0.4 is 0 Å². The van der Waals surface area contributed by atoms with Gasteiger partial charge in [0.1, 0.15) is 11.7 Å². The molecule has 1 aromatic rings. The number of hydrogen-bond acceptors (Lipinski definition) is 7. The Bertz CT molecular complexity index is 906. The highest BCUT2D eigenvalue weighted by Crippen LogP contribution is 2.29. The van der Waals surface area contributed by atoms with E-state index in [4.69, 9.17) is 10.3 Å². The summed E-state index contributed by atoms with van der Waals surface area (Å²) in [5.41, 5.74) is 10.5. The third-order valence-electron chi connectivity index (χ3n) is 6.20. The molecule has 9 nitrogen and oxygen atoms in total. The van der Waals surface area contributed by atoms with Crippen LogP contribution >= 0.6 is 11.8 Å². The molecule has 4 atom stereocenters. The predicted octanol–water partition coefficient (Wildman–Crippen LogP) is 4.54. The van der Waals surface area contributed by atoms with Crippen LogP contribution in [-0.2, 0) is 20.9 Å². The molecule has 3 unspecified atom stereocenters. The lowest BCUT2D eigenvalue weighted by atomic mass is 9.96. The number of esters is 1. The molecule has 1 aliphatic heterocycles. The van der Waals surface area contributed by atoms with Crippen LogP contribution in [-0.4, -0.2) is 64.5 Å². The summed E-state index contributed by atoms with van der Waals surface area (Å²) in [6.45, 7) is 8.66. The van der Waals surface area contributed by atoms with Crippen molar-refractivity contribution in [3.8, 4) is 0 Å². The number of ether oxygens (including phenoxy) is 1. The second-order valence-electron chi connectivity index (χ2n) is 8.91. The molecular weight excluding hydrogens is 466 g/mol. The van der Waals surface area contributed by atoms with Crippen LogP contribution in [0.4, 0.5) is 0 Å². The Morgan fingerprint density at radius 2 is 2.00 bits per heavy atom. The van der Waals surface area contributed by atoms with Crippen LogP contribution in [0.3, 0.4) is 0 Å². The molecular formula is C25H37N5O4S. The topological polar surface area (TPSA) is 119 Å². The van der Waals surface area contributed by atoms with Crippen molar-refractivity contribution in [3.63, 3.8) is 0 Å². The molecule has 1 amide bonds. The molecule has 10 heteroatoms. The molecule has 0 aromatic heterocycles. The molecule has 0 fully saturated rings. The number of thioether (sulfide) groups is 1. The third kappa shape index (κ3) is 8.19. The van der Waals surface area contributed by atoms with Gasteiger partial charge in [0.15, 0.2) is 0 Å². The summed E-state index contributed by atoms with van der Waals surface area (Å²) in [6, 6.07) is 8.65. The number of benzene rings is 1. The summed E-state index contributed by atoms with van der Waals surface area (Å²) in [7, 11) is 0. The highest BCUT2D eigenvalue weighted by atomic mass is 32.2. The van der Waals surface area contributed by atoms with Gasteiger partial charge in [0.25, 0.3) is 0 Å². The Morgan fingerprint density at radius 1 is 1.29 bits per heavy atom. The van der Waals surface area contributed by atoms with Gasteiger partial charge in [-0.2, -0.15) is 0 Å². The van der Waals surface area contributed by atoms with Crippen molar-refractivity contribution in [2.75, 3.05) is 25.6 Å². The summed E-state index contributed by atoms with van der Waals surface area (Å²) in [5, 5.41) is 15.7. The molecule has 0 radical (unpaired) electrons. The van der Waals surface area contributed by atoms with Gasteiger partial charge in [-0.05, 0) is 36.3 Å². The Labute approximate surface area is 212 Å².